The fraction of sp³-hybridized carbons (Fsp3) is 0.750. The summed E-state index contributed by atoms with van der Waals surface area (Å²) in [6.45, 7) is 19.5. The fourth-order valence-electron chi connectivity index (χ4n) is 9.15. The predicted octanol–water partition coefficient (Wildman–Crippen LogP) is 6.28. The standard InChI is InChI=1S/C32H52N2O4/c1-10-16-31(23-18-27(2,3)33-28(4,5)19-23,24-20-29(6,7)34-30(8,9)21-24)32(25(35)36,26(37)38)17-22-14-12-11-13-15-22/h11-15,23-24,33-34H,10,16-21H2,1-9H3,(H,35,36)(H,37,38). The molecule has 0 aliphatic carbocycles. The van der Waals surface area contributed by atoms with Crippen LogP contribution in [-0.2, 0) is 16.0 Å². The van der Waals surface area contributed by atoms with Gasteiger partial charge in [-0.15, -0.1) is 0 Å². The van der Waals surface area contributed by atoms with Crippen LogP contribution in [0.4, 0.5) is 0 Å². The van der Waals surface area contributed by atoms with E-state index >= 15 is 0 Å². The van der Waals surface area contributed by atoms with E-state index in [4.69, 9.17) is 0 Å². The monoisotopic (exact) mass is 528 g/mol. The van der Waals surface area contributed by atoms with Crippen molar-refractivity contribution < 1.29 is 19.8 Å². The molecule has 0 unspecified atom stereocenters. The van der Waals surface area contributed by atoms with Gasteiger partial charge in [0.2, 0.25) is 0 Å². The molecule has 6 nitrogen and oxygen atoms in total. The van der Waals surface area contributed by atoms with Gasteiger partial charge in [-0.25, -0.2) is 0 Å². The Morgan fingerprint density at radius 2 is 1.13 bits per heavy atom. The molecule has 0 amide bonds. The Kier molecular flexibility index (Phi) is 8.25. The van der Waals surface area contributed by atoms with Crippen LogP contribution in [0.25, 0.3) is 0 Å². The lowest BCUT2D eigenvalue weighted by molar-refractivity contribution is -0.198. The molecule has 0 atom stereocenters. The van der Waals surface area contributed by atoms with Crippen LogP contribution in [0.3, 0.4) is 0 Å². The lowest BCUT2D eigenvalue weighted by Gasteiger charge is -2.63. The van der Waals surface area contributed by atoms with Gasteiger partial charge in [0.05, 0.1) is 0 Å². The molecule has 2 fully saturated rings. The zero-order valence-corrected chi connectivity index (χ0v) is 25.2. The maximum Gasteiger partial charge on any atom is 0.321 e. The zero-order chi connectivity index (χ0) is 28.8. The molecule has 0 aromatic heterocycles. The minimum Gasteiger partial charge on any atom is -0.480 e. The van der Waals surface area contributed by atoms with Crippen LogP contribution >= 0.6 is 0 Å². The fourth-order valence-corrected chi connectivity index (χ4v) is 9.15. The topological polar surface area (TPSA) is 98.7 Å². The summed E-state index contributed by atoms with van der Waals surface area (Å²) in [5, 5.41) is 29.9. The van der Waals surface area contributed by atoms with Gasteiger partial charge in [-0.3, -0.25) is 9.59 Å². The lowest BCUT2D eigenvalue weighted by atomic mass is 9.43. The second-order valence-corrected chi connectivity index (χ2v) is 15.0. The van der Waals surface area contributed by atoms with Crippen LogP contribution in [0.15, 0.2) is 30.3 Å². The number of benzene rings is 1. The minimum absolute atomic E-state index is 0.0198. The van der Waals surface area contributed by atoms with E-state index in [2.05, 4.69) is 72.9 Å². The van der Waals surface area contributed by atoms with Crippen LogP contribution in [0.1, 0.15) is 106 Å². The number of piperidine rings is 2. The third-order valence-electron chi connectivity index (χ3n) is 9.34. The van der Waals surface area contributed by atoms with Crippen LogP contribution in [0, 0.1) is 22.7 Å². The summed E-state index contributed by atoms with van der Waals surface area (Å²) in [5.41, 5.74) is -3.16. The molecule has 2 aliphatic rings. The van der Waals surface area contributed by atoms with Crippen molar-refractivity contribution in [1.82, 2.24) is 10.6 Å². The number of rotatable bonds is 9. The van der Waals surface area contributed by atoms with E-state index in [-0.39, 0.29) is 40.4 Å². The first kappa shape index (κ1) is 30.6. The van der Waals surface area contributed by atoms with E-state index in [0.29, 0.717) is 6.42 Å². The highest BCUT2D eigenvalue weighted by molar-refractivity contribution is 6.00. The number of hydrogen-bond donors (Lipinski definition) is 4. The van der Waals surface area contributed by atoms with Crippen molar-refractivity contribution >= 4 is 11.9 Å². The van der Waals surface area contributed by atoms with Crippen LogP contribution in [-0.4, -0.2) is 44.3 Å². The molecule has 1 aromatic rings. The van der Waals surface area contributed by atoms with Crippen molar-refractivity contribution in [2.24, 2.45) is 22.7 Å². The average molecular weight is 529 g/mol. The molecule has 2 saturated heterocycles. The molecule has 0 saturated carbocycles. The molecular weight excluding hydrogens is 476 g/mol. The predicted molar refractivity (Wildman–Crippen MR) is 153 cm³/mol. The number of nitrogens with one attached hydrogen (secondary N) is 2. The summed E-state index contributed by atoms with van der Waals surface area (Å²) in [6.07, 6.45) is 4.21. The van der Waals surface area contributed by atoms with E-state index in [1.807, 2.05) is 30.3 Å². The first-order chi connectivity index (χ1) is 17.3. The van der Waals surface area contributed by atoms with Gasteiger partial charge in [0.25, 0.3) is 0 Å². The van der Waals surface area contributed by atoms with Gasteiger partial charge >= 0.3 is 11.9 Å². The van der Waals surface area contributed by atoms with Crippen molar-refractivity contribution in [2.75, 3.05) is 0 Å². The van der Waals surface area contributed by atoms with Gasteiger partial charge in [0.1, 0.15) is 0 Å². The summed E-state index contributed by atoms with van der Waals surface area (Å²) in [6, 6.07) is 9.40. The Balaban J connectivity index is 2.42. The van der Waals surface area contributed by atoms with E-state index < -0.39 is 22.8 Å². The number of carboxylic acid groups (broad SMARTS) is 2. The maximum atomic E-state index is 13.7. The number of carbonyl (C=O) groups is 2. The van der Waals surface area contributed by atoms with Crippen molar-refractivity contribution in [1.29, 1.82) is 0 Å². The SMILES string of the molecule is CCCC(C1CC(C)(C)NC(C)(C)C1)(C1CC(C)(C)NC(C)(C)C1)C(Cc1ccccc1)(C(=O)O)C(=O)O. The van der Waals surface area contributed by atoms with Crippen molar-refractivity contribution in [3.63, 3.8) is 0 Å². The van der Waals surface area contributed by atoms with E-state index in [9.17, 15) is 19.8 Å². The van der Waals surface area contributed by atoms with E-state index in [1.54, 1.807) is 0 Å². The van der Waals surface area contributed by atoms with Crippen LogP contribution < -0.4 is 10.6 Å². The Hall–Kier alpha value is -1.92. The second-order valence-electron chi connectivity index (χ2n) is 15.0. The summed E-state index contributed by atoms with van der Waals surface area (Å²) >= 11 is 0. The third-order valence-corrected chi connectivity index (χ3v) is 9.34. The van der Waals surface area contributed by atoms with Crippen molar-refractivity contribution in [2.45, 2.75) is 129 Å². The normalized spacial score (nSPS) is 23.6. The Morgan fingerprint density at radius 1 is 0.763 bits per heavy atom. The molecule has 1 aromatic carbocycles. The summed E-state index contributed by atoms with van der Waals surface area (Å²) in [7, 11) is 0. The Bertz CT molecular complexity index is 928. The summed E-state index contributed by atoms with van der Waals surface area (Å²) in [5.74, 6) is -2.57. The van der Waals surface area contributed by atoms with Gasteiger partial charge in [-0.05, 0) is 111 Å². The van der Waals surface area contributed by atoms with E-state index in [0.717, 1.165) is 37.7 Å². The van der Waals surface area contributed by atoms with Gasteiger partial charge in [0.15, 0.2) is 5.41 Å². The Morgan fingerprint density at radius 3 is 1.45 bits per heavy atom. The lowest BCUT2D eigenvalue weighted by Crippen LogP contribution is -2.70. The van der Waals surface area contributed by atoms with E-state index in [1.165, 1.54) is 0 Å². The second kappa shape index (κ2) is 10.2. The number of hydrogen-bond acceptors (Lipinski definition) is 4. The molecule has 214 valence electrons. The highest BCUT2D eigenvalue weighted by atomic mass is 16.4. The quantitative estimate of drug-likeness (QED) is 0.281. The average Bonchev–Trinajstić information content (AvgIpc) is 2.72. The van der Waals surface area contributed by atoms with Gasteiger partial charge in [0, 0.05) is 27.6 Å². The van der Waals surface area contributed by atoms with Crippen molar-refractivity contribution in [3.05, 3.63) is 35.9 Å². The highest BCUT2D eigenvalue weighted by Gasteiger charge is 2.69. The van der Waals surface area contributed by atoms with Gasteiger partial charge < -0.3 is 20.8 Å². The summed E-state index contributed by atoms with van der Waals surface area (Å²) < 4.78 is 0. The third kappa shape index (κ3) is 5.82. The molecule has 4 N–H and O–H groups in total. The first-order valence-corrected chi connectivity index (χ1v) is 14.4. The number of aliphatic carboxylic acids is 2. The zero-order valence-electron chi connectivity index (χ0n) is 25.2. The van der Waals surface area contributed by atoms with Gasteiger partial charge in [-0.2, -0.15) is 0 Å². The first-order valence-electron chi connectivity index (χ1n) is 14.4. The van der Waals surface area contributed by atoms with Gasteiger partial charge in [-0.1, -0.05) is 43.7 Å². The molecule has 2 heterocycles. The maximum absolute atomic E-state index is 13.7. The molecule has 6 heteroatoms. The smallest absolute Gasteiger partial charge is 0.321 e. The largest absolute Gasteiger partial charge is 0.480 e. The van der Waals surface area contributed by atoms with Crippen LogP contribution in [0.2, 0.25) is 0 Å². The molecule has 2 aliphatic heterocycles. The minimum atomic E-state index is -1.97. The number of carboxylic acids is 2. The van der Waals surface area contributed by atoms with Crippen molar-refractivity contribution in [3.8, 4) is 0 Å². The molecule has 0 bridgehead atoms. The molecular formula is C32H52N2O4. The molecule has 38 heavy (non-hydrogen) atoms. The highest BCUT2D eigenvalue weighted by Crippen LogP contribution is 2.64. The molecule has 0 radical (unpaired) electrons. The Labute approximate surface area is 230 Å². The summed E-state index contributed by atoms with van der Waals surface area (Å²) in [4.78, 5) is 27.4. The molecule has 0 spiro atoms. The molecule has 3 rings (SSSR count). The van der Waals surface area contributed by atoms with Crippen LogP contribution in [0.5, 0.6) is 0 Å².